The second-order valence-electron chi connectivity index (χ2n) is 7.83. The molecule has 0 radical (unpaired) electrons. The first-order chi connectivity index (χ1) is 14.5. The van der Waals surface area contributed by atoms with Gasteiger partial charge in [0.1, 0.15) is 11.6 Å². The van der Waals surface area contributed by atoms with Gasteiger partial charge in [0.05, 0.1) is 11.6 Å². The van der Waals surface area contributed by atoms with E-state index in [1.807, 2.05) is 47.2 Å². The number of hydrogen-bond acceptors (Lipinski definition) is 3. The largest absolute Gasteiger partial charge is 0.467 e. The van der Waals surface area contributed by atoms with Gasteiger partial charge in [-0.1, -0.05) is 31.6 Å². The van der Waals surface area contributed by atoms with Crippen molar-refractivity contribution in [3.63, 3.8) is 0 Å². The molecule has 1 aliphatic carbocycles. The van der Waals surface area contributed by atoms with Crippen LogP contribution < -0.4 is 16.2 Å². The number of hydrogen-bond donors (Lipinski definition) is 2. The highest BCUT2D eigenvalue weighted by Gasteiger charge is 2.38. The van der Waals surface area contributed by atoms with Crippen LogP contribution in [0.5, 0.6) is 5.75 Å². The maximum absolute atomic E-state index is 13.3. The Bertz CT molecular complexity index is 1080. The zero-order valence-corrected chi connectivity index (χ0v) is 17.2. The Kier molecular flexibility index (Phi) is 5.75. The van der Waals surface area contributed by atoms with E-state index in [1.54, 1.807) is 12.1 Å². The molecule has 0 fully saturated rings. The van der Waals surface area contributed by atoms with Gasteiger partial charge in [-0.3, -0.25) is 5.73 Å². The Labute approximate surface area is 176 Å². The summed E-state index contributed by atoms with van der Waals surface area (Å²) in [5.41, 5.74) is 15.2. The van der Waals surface area contributed by atoms with Crippen molar-refractivity contribution in [3.8, 4) is 11.4 Å². The molecule has 1 aromatic heterocycles. The lowest BCUT2D eigenvalue weighted by molar-refractivity contribution is 0.0773. The summed E-state index contributed by atoms with van der Waals surface area (Å²) in [6, 6.07) is 14.0. The highest BCUT2D eigenvalue weighted by molar-refractivity contribution is 5.83. The molecule has 4 N–H and O–H groups in total. The summed E-state index contributed by atoms with van der Waals surface area (Å²) in [4.78, 5) is 0. The lowest BCUT2D eigenvalue weighted by atomic mass is 9.87. The molecule has 0 aliphatic heterocycles. The van der Waals surface area contributed by atoms with Crippen LogP contribution in [0.4, 0.5) is 4.39 Å². The van der Waals surface area contributed by atoms with Crippen LogP contribution in [-0.2, 0) is 0 Å². The van der Waals surface area contributed by atoms with Crippen molar-refractivity contribution >= 4 is 10.9 Å². The number of nitrogens with two attached hydrogens (primary N) is 2. The Hall–Kier alpha value is -2.89. The highest BCUT2D eigenvalue weighted by Crippen LogP contribution is 2.32. The average Bonchev–Trinajstić information content (AvgIpc) is 3.18. The Balaban J connectivity index is 1.67. The van der Waals surface area contributed by atoms with E-state index in [0.717, 1.165) is 47.8 Å². The number of rotatable bonds is 7. The average molecular weight is 406 g/mol. The number of ether oxygens (including phenoxy) is 1. The lowest BCUT2D eigenvalue weighted by Crippen LogP contribution is -2.61. The van der Waals surface area contributed by atoms with E-state index in [2.05, 4.69) is 13.0 Å². The smallest absolute Gasteiger partial charge is 0.196 e. The van der Waals surface area contributed by atoms with Gasteiger partial charge in [-0.15, -0.1) is 0 Å². The van der Waals surface area contributed by atoms with Crippen molar-refractivity contribution < 1.29 is 9.13 Å². The molecule has 0 saturated carbocycles. The summed E-state index contributed by atoms with van der Waals surface area (Å²) in [6.45, 7) is 2.10. The van der Waals surface area contributed by atoms with Crippen LogP contribution in [0.2, 0.25) is 0 Å². The van der Waals surface area contributed by atoms with Crippen LogP contribution in [0.1, 0.15) is 32.6 Å². The summed E-state index contributed by atoms with van der Waals surface area (Å²) in [6.07, 6.45) is 11.6. The normalized spacial score (nSPS) is 16.9. The molecule has 1 heterocycles. The van der Waals surface area contributed by atoms with Gasteiger partial charge in [-0.05, 0) is 73.4 Å². The minimum absolute atomic E-state index is 0.250. The van der Waals surface area contributed by atoms with Crippen molar-refractivity contribution in [2.75, 3.05) is 0 Å². The van der Waals surface area contributed by atoms with Gasteiger partial charge in [-0.25, -0.2) is 4.39 Å². The summed E-state index contributed by atoms with van der Waals surface area (Å²) in [5.74, 6) is 0.435. The molecular formula is C25H28FN3O. The summed E-state index contributed by atoms with van der Waals surface area (Å²) < 4.78 is 21.7. The Morgan fingerprint density at radius 1 is 1.17 bits per heavy atom. The van der Waals surface area contributed by atoms with Crippen molar-refractivity contribution in [3.05, 3.63) is 84.3 Å². The zero-order chi connectivity index (χ0) is 21.1. The zero-order valence-electron chi connectivity index (χ0n) is 17.2. The monoisotopic (exact) mass is 405 g/mol. The van der Waals surface area contributed by atoms with E-state index in [9.17, 15) is 4.39 Å². The van der Waals surface area contributed by atoms with Gasteiger partial charge in [0.2, 0.25) is 0 Å². The fraction of sp³-hybridized carbons (Fsp3) is 0.280. The highest BCUT2D eigenvalue weighted by atomic mass is 19.1. The molecular weight excluding hydrogens is 377 g/mol. The van der Waals surface area contributed by atoms with E-state index >= 15 is 0 Å². The molecule has 2 aromatic carbocycles. The molecule has 2 atom stereocenters. The van der Waals surface area contributed by atoms with E-state index < -0.39 is 5.72 Å². The molecule has 0 spiro atoms. The first kappa shape index (κ1) is 20.4. The van der Waals surface area contributed by atoms with Crippen LogP contribution in [0.3, 0.4) is 0 Å². The molecule has 1 aliphatic rings. The molecule has 4 nitrogen and oxygen atoms in total. The second kappa shape index (κ2) is 8.46. The third-order valence-electron chi connectivity index (χ3n) is 5.72. The second-order valence-corrected chi connectivity index (χ2v) is 7.83. The molecule has 0 bridgehead atoms. The molecule has 5 heteroatoms. The maximum Gasteiger partial charge on any atom is 0.196 e. The number of allylic oxidation sites excluding steroid dienone is 3. The van der Waals surface area contributed by atoms with E-state index in [-0.39, 0.29) is 11.9 Å². The summed E-state index contributed by atoms with van der Waals surface area (Å²) >= 11 is 0. The SMILES string of the molecule is CCCC(N)[C@](N)(Oc1ccc2c(ccn2-c2ccc(F)cc2)c1)C1=CC=CCC1. The third-order valence-corrected chi connectivity index (χ3v) is 5.72. The standard InChI is InChI=1S/C25H28FN3O/c1-2-6-24(27)25(28,19-7-4-3-5-8-19)30-22-13-14-23-18(17-22)15-16-29(23)21-11-9-20(26)10-12-21/h3-4,7,9-17,24H,2,5-6,8,27-28H2,1H3/t24?,25-/m1/s1. The van der Waals surface area contributed by atoms with Gasteiger partial charge < -0.3 is 15.0 Å². The minimum Gasteiger partial charge on any atom is -0.467 e. The van der Waals surface area contributed by atoms with Crippen LogP contribution >= 0.6 is 0 Å². The molecule has 156 valence electrons. The van der Waals surface area contributed by atoms with Gasteiger partial charge >= 0.3 is 0 Å². The maximum atomic E-state index is 13.3. The first-order valence-corrected chi connectivity index (χ1v) is 10.5. The van der Waals surface area contributed by atoms with Gasteiger partial charge in [0.25, 0.3) is 0 Å². The number of aromatic nitrogens is 1. The van der Waals surface area contributed by atoms with E-state index in [1.165, 1.54) is 12.1 Å². The number of fused-ring (bicyclic) bond motifs is 1. The topological polar surface area (TPSA) is 66.2 Å². The van der Waals surface area contributed by atoms with Gasteiger partial charge in [-0.2, -0.15) is 0 Å². The number of halogens is 1. The lowest BCUT2D eigenvalue weighted by Gasteiger charge is -2.38. The first-order valence-electron chi connectivity index (χ1n) is 10.5. The van der Waals surface area contributed by atoms with Gasteiger partial charge in [0.15, 0.2) is 5.72 Å². The van der Waals surface area contributed by atoms with Crippen molar-refractivity contribution in [2.45, 2.75) is 44.4 Å². The minimum atomic E-state index is -1.05. The number of benzene rings is 2. The van der Waals surface area contributed by atoms with Crippen LogP contribution in [0, 0.1) is 5.82 Å². The van der Waals surface area contributed by atoms with Crippen molar-refractivity contribution in [1.29, 1.82) is 0 Å². The van der Waals surface area contributed by atoms with Crippen LogP contribution in [-0.4, -0.2) is 16.3 Å². The molecule has 30 heavy (non-hydrogen) atoms. The molecule has 3 aromatic rings. The molecule has 0 saturated heterocycles. The van der Waals surface area contributed by atoms with Gasteiger partial charge in [0, 0.05) is 17.3 Å². The predicted octanol–water partition coefficient (Wildman–Crippen LogP) is 5.21. The van der Waals surface area contributed by atoms with E-state index in [0.29, 0.717) is 5.75 Å². The quantitative estimate of drug-likeness (QED) is 0.531. The Morgan fingerprint density at radius 3 is 2.67 bits per heavy atom. The summed E-state index contributed by atoms with van der Waals surface area (Å²) in [7, 11) is 0. The van der Waals surface area contributed by atoms with Crippen molar-refractivity contribution in [1.82, 2.24) is 4.57 Å². The third kappa shape index (κ3) is 3.91. The van der Waals surface area contributed by atoms with Crippen molar-refractivity contribution in [2.24, 2.45) is 11.5 Å². The molecule has 1 unspecified atom stereocenters. The Morgan fingerprint density at radius 2 is 1.97 bits per heavy atom. The van der Waals surface area contributed by atoms with E-state index in [4.69, 9.17) is 16.2 Å². The predicted molar refractivity (Wildman–Crippen MR) is 120 cm³/mol. The fourth-order valence-corrected chi connectivity index (χ4v) is 4.04. The molecule has 0 amide bonds. The number of nitrogens with zero attached hydrogens (tertiary/aromatic N) is 1. The molecule has 4 rings (SSSR count). The fourth-order valence-electron chi connectivity index (χ4n) is 4.04. The van der Waals surface area contributed by atoms with Crippen LogP contribution in [0.15, 0.2) is 78.5 Å². The van der Waals surface area contributed by atoms with Crippen LogP contribution in [0.25, 0.3) is 16.6 Å². The summed E-state index contributed by atoms with van der Waals surface area (Å²) in [5, 5.41) is 1.01.